The fraction of sp³-hybridized carbons (Fsp3) is 0.179. The number of H-pyrrole nitrogens is 1. The van der Waals surface area contributed by atoms with Gasteiger partial charge in [0.05, 0.1) is 0 Å². The maximum Gasteiger partial charge on any atom is 0.573 e. The number of pyridine rings is 1. The number of hydrogen-bond donors (Lipinski definition) is 3. The number of aromatic amines is 1. The summed E-state index contributed by atoms with van der Waals surface area (Å²) in [4.78, 5) is 29.0. The molecule has 4 rings (SSSR count). The second-order valence-corrected chi connectivity index (χ2v) is 9.07. The third kappa shape index (κ3) is 8.02. The molecule has 4 N–H and O–H groups in total. The van der Waals surface area contributed by atoms with Crippen molar-refractivity contribution < 1.29 is 60.6 Å². The van der Waals surface area contributed by atoms with Gasteiger partial charge in [0, 0.05) is 29.3 Å². The molecule has 2 aromatic carbocycles. The van der Waals surface area contributed by atoms with Gasteiger partial charge in [-0.1, -0.05) is 12.1 Å². The Bertz CT molecular complexity index is 1460. The molecule has 1 aliphatic rings. The number of nitrogens with one attached hydrogen (secondary N) is 2. The lowest BCUT2D eigenvalue weighted by Crippen LogP contribution is -2.41. The lowest BCUT2D eigenvalue weighted by atomic mass is 9.83. The van der Waals surface area contributed by atoms with Crippen LogP contribution in [0.5, 0.6) is 23.0 Å². The molecule has 0 saturated heterocycles. The van der Waals surface area contributed by atoms with Crippen LogP contribution in [0.15, 0.2) is 71.9 Å². The zero-order chi connectivity index (χ0) is 30.7. The first-order chi connectivity index (χ1) is 19.7. The number of phenols is 2. The number of aromatic nitrogens is 1. The number of halogens is 6. The van der Waals surface area contributed by atoms with Crippen molar-refractivity contribution in [2.75, 3.05) is 0 Å². The number of benzene rings is 2. The van der Waals surface area contributed by atoms with Crippen LogP contribution in [0.3, 0.4) is 0 Å². The van der Waals surface area contributed by atoms with E-state index in [2.05, 4.69) is 19.8 Å². The average Bonchev–Trinajstić information content (AvgIpc) is 2.89. The molecular weight excluding hydrogens is 574 g/mol. The molecule has 3 aromatic rings. The SMILES string of the molecule is O=C1/C(=C/c2ccc(O)c(OC(F)(F)F)c2)CC(NC(=O)c2cccc[nH+]2)C/C1=C\c1ccc(O)c(OC(F)(F)F)c1. The molecule has 1 fully saturated rings. The second kappa shape index (κ2) is 11.8. The summed E-state index contributed by atoms with van der Waals surface area (Å²) in [6.07, 6.45) is -6.27. The van der Waals surface area contributed by atoms with E-state index >= 15 is 0 Å². The molecule has 1 amide bonds. The molecule has 0 bridgehead atoms. The normalized spacial score (nSPS) is 17.8. The van der Waals surface area contributed by atoms with Crippen LogP contribution in [-0.2, 0) is 4.79 Å². The highest BCUT2D eigenvalue weighted by Gasteiger charge is 2.34. The summed E-state index contributed by atoms with van der Waals surface area (Å²) in [5.74, 6) is -4.51. The largest absolute Gasteiger partial charge is 0.573 e. The summed E-state index contributed by atoms with van der Waals surface area (Å²) in [5.41, 5.74) is 0.408. The molecule has 1 saturated carbocycles. The summed E-state index contributed by atoms with van der Waals surface area (Å²) in [7, 11) is 0. The Morgan fingerprint density at radius 2 is 1.33 bits per heavy atom. The van der Waals surface area contributed by atoms with Crippen molar-refractivity contribution in [1.82, 2.24) is 5.32 Å². The molecule has 0 aliphatic heterocycles. The summed E-state index contributed by atoms with van der Waals surface area (Å²) in [6.45, 7) is 0. The van der Waals surface area contributed by atoms with Crippen LogP contribution in [0.4, 0.5) is 26.3 Å². The van der Waals surface area contributed by atoms with E-state index in [0.29, 0.717) is 0 Å². The van der Waals surface area contributed by atoms with Gasteiger partial charge >= 0.3 is 18.6 Å². The molecule has 1 aliphatic carbocycles. The van der Waals surface area contributed by atoms with Gasteiger partial charge in [0.2, 0.25) is 0 Å². The number of rotatable bonds is 6. The summed E-state index contributed by atoms with van der Waals surface area (Å²) in [6, 6.07) is 10.2. The number of phenolic OH excluding ortho intramolecular Hbond substituents is 2. The minimum absolute atomic E-state index is 0.0454. The van der Waals surface area contributed by atoms with Crippen LogP contribution in [0, 0.1) is 0 Å². The van der Waals surface area contributed by atoms with Crippen LogP contribution < -0.4 is 19.8 Å². The van der Waals surface area contributed by atoms with E-state index in [4.69, 9.17) is 0 Å². The van der Waals surface area contributed by atoms with E-state index in [1.54, 1.807) is 12.1 Å². The molecule has 0 spiro atoms. The fourth-order valence-electron chi connectivity index (χ4n) is 4.20. The van der Waals surface area contributed by atoms with E-state index in [1.807, 2.05) is 0 Å². The maximum atomic E-state index is 13.4. The number of ether oxygens (including phenoxy) is 2. The van der Waals surface area contributed by atoms with E-state index in [1.165, 1.54) is 36.5 Å². The molecule has 1 heterocycles. The number of ketones is 1. The summed E-state index contributed by atoms with van der Waals surface area (Å²) < 4.78 is 84.1. The molecule has 42 heavy (non-hydrogen) atoms. The number of carbonyl (C=O) groups excluding carboxylic acids is 2. The third-order valence-corrected chi connectivity index (χ3v) is 5.91. The zero-order valence-corrected chi connectivity index (χ0v) is 21.2. The van der Waals surface area contributed by atoms with Gasteiger partial charge in [-0.2, -0.15) is 0 Å². The van der Waals surface area contributed by atoms with Crippen LogP contribution in [0.1, 0.15) is 34.5 Å². The van der Waals surface area contributed by atoms with Crippen molar-refractivity contribution >= 4 is 23.8 Å². The van der Waals surface area contributed by atoms with Crippen LogP contribution in [-0.4, -0.2) is 40.7 Å². The van der Waals surface area contributed by atoms with Crippen molar-refractivity contribution in [1.29, 1.82) is 0 Å². The van der Waals surface area contributed by atoms with Gasteiger partial charge in [0.25, 0.3) is 5.69 Å². The van der Waals surface area contributed by atoms with Gasteiger partial charge in [-0.15, -0.1) is 26.3 Å². The lowest BCUT2D eigenvalue weighted by molar-refractivity contribution is -0.382. The highest BCUT2D eigenvalue weighted by atomic mass is 19.4. The molecule has 0 atom stereocenters. The average molecular weight is 595 g/mol. The van der Waals surface area contributed by atoms with Crippen molar-refractivity contribution in [2.24, 2.45) is 0 Å². The van der Waals surface area contributed by atoms with Gasteiger partial charge in [0.15, 0.2) is 35.0 Å². The predicted molar refractivity (Wildman–Crippen MR) is 134 cm³/mol. The standard InChI is InChI=1S/C28H20F6N2O6/c29-27(30,31)41-23-11-15(4-6-21(23)37)9-17-13-19(36-26(40)20-3-1-2-8-35-20)14-18(25(17)39)10-16-5-7-22(38)24(12-16)42-28(32,33)34/h1-12,19,37-38H,13-14H2,(H,36,40)/p+1/b17-9+,18-10+. The Balaban J connectivity index is 1.71. The second-order valence-electron chi connectivity index (χ2n) is 9.07. The zero-order valence-electron chi connectivity index (χ0n) is 21.2. The summed E-state index contributed by atoms with van der Waals surface area (Å²) in [5, 5.41) is 22.3. The van der Waals surface area contributed by atoms with Crippen molar-refractivity contribution in [3.8, 4) is 23.0 Å². The van der Waals surface area contributed by atoms with Gasteiger partial charge in [0.1, 0.15) is 0 Å². The Morgan fingerprint density at radius 1 is 0.833 bits per heavy atom. The first kappa shape index (κ1) is 30.0. The van der Waals surface area contributed by atoms with E-state index in [0.717, 1.165) is 24.3 Å². The van der Waals surface area contributed by atoms with Gasteiger partial charge < -0.3 is 25.0 Å². The van der Waals surface area contributed by atoms with Crippen LogP contribution in [0.25, 0.3) is 12.2 Å². The molecule has 14 heteroatoms. The number of Topliss-reactive ketones (excluding diaryl/α,β-unsaturated/α-hetero) is 1. The monoisotopic (exact) mass is 595 g/mol. The molecule has 1 aromatic heterocycles. The van der Waals surface area contributed by atoms with Gasteiger partial charge in [-0.25, -0.2) is 4.98 Å². The fourth-order valence-corrected chi connectivity index (χ4v) is 4.20. The number of amides is 1. The van der Waals surface area contributed by atoms with Crippen molar-refractivity contribution in [3.05, 3.63) is 88.8 Å². The van der Waals surface area contributed by atoms with E-state index < -0.39 is 53.5 Å². The molecular formula is C28H21F6N2O6+. The maximum absolute atomic E-state index is 13.4. The topological polar surface area (TPSA) is 119 Å². The Morgan fingerprint density at radius 3 is 1.76 bits per heavy atom. The number of carbonyl (C=O) groups is 2. The summed E-state index contributed by atoms with van der Waals surface area (Å²) >= 11 is 0. The minimum atomic E-state index is -5.09. The van der Waals surface area contributed by atoms with Gasteiger partial charge in [-0.3, -0.25) is 9.59 Å². The number of hydrogen-bond acceptors (Lipinski definition) is 6. The highest BCUT2D eigenvalue weighted by molar-refractivity contribution is 6.14. The van der Waals surface area contributed by atoms with Crippen molar-refractivity contribution in [3.63, 3.8) is 0 Å². The van der Waals surface area contributed by atoms with Gasteiger partial charge in [-0.05, 0) is 66.5 Å². The third-order valence-electron chi connectivity index (χ3n) is 5.91. The highest BCUT2D eigenvalue weighted by Crippen LogP contribution is 2.36. The van der Waals surface area contributed by atoms with Crippen molar-refractivity contribution in [2.45, 2.75) is 31.6 Å². The number of aromatic hydroxyl groups is 2. The Labute approximate surface area is 233 Å². The quantitative estimate of drug-likeness (QED) is 0.262. The number of alkyl halides is 6. The first-order valence-corrected chi connectivity index (χ1v) is 12.1. The Kier molecular flexibility index (Phi) is 8.45. The molecule has 0 unspecified atom stereocenters. The molecule has 220 valence electrons. The van der Waals surface area contributed by atoms with E-state index in [-0.39, 0.29) is 40.8 Å². The smallest absolute Gasteiger partial charge is 0.504 e. The van der Waals surface area contributed by atoms with Crippen LogP contribution >= 0.6 is 0 Å². The minimum Gasteiger partial charge on any atom is -0.504 e. The molecule has 0 radical (unpaired) electrons. The Hall–Kier alpha value is -5.01. The van der Waals surface area contributed by atoms with Crippen LogP contribution in [0.2, 0.25) is 0 Å². The first-order valence-electron chi connectivity index (χ1n) is 12.1. The lowest BCUT2D eigenvalue weighted by Gasteiger charge is -2.26. The predicted octanol–water partition coefficient (Wildman–Crippen LogP) is 5.34. The molecule has 8 nitrogen and oxygen atoms in total. The van der Waals surface area contributed by atoms with E-state index in [9.17, 15) is 46.1 Å².